The molecule has 2 rings (SSSR count). The van der Waals surface area contributed by atoms with Crippen LogP contribution in [-0.2, 0) is 16.1 Å². The lowest BCUT2D eigenvalue weighted by Crippen LogP contribution is -2.22. The third kappa shape index (κ3) is 0.987. The summed E-state index contributed by atoms with van der Waals surface area (Å²) in [5.74, 6) is -0.561. The van der Waals surface area contributed by atoms with Crippen LogP contribution < -0.4 is 0 Å². The average Bonchev–Trinajstić information content (AvgIpc) is 2.12. The lowest BCUT2D eigenvalue weighted by molar-refractivity contribution is -0.157. The summed E-state index contributed by atoms with van der Waals surface area (Å²) in [6.07, 6.45) is -1.10. The number of fused-ring (bicyclic) bond motifs is 1. The molecule has 1 aliphatic heterocycles. The summed E-state index contributed by atoms with van der Waals surface area (Å²) in [5, 5.41) is 9.36. The summed E-state index contributed by atoms with van der Waals surface area (Å²) >= 11 is 0. The van der Waals surface area contributed by atoms with Crippen molar-refractivity contribution in [3.63, 3.8) is 0 Å². The maximum Gasteiger partial charge on any atom is 0.339 e. The van der Waals surface area contributed by atoms with Gasteiger partial charge in [-0.1, -0.05) is 24.3 Å². The van der Waals surface area contributed by atoms with Gasteiger partial charge in [0.2, 0.25) is 0 Å². The fourth-order valence-corrected chi connectivity index (χ4v) is 1.29. The standard InChI is InChI=1S/C9H8O3/c10-8-7-4-2-1-3-6(7)5-12-9(8)11/h1-4,8,10H,5H2/t8-/m1/s1. The van der Waals surface area contributed by atoms with E-state index in [1.807, 2.05) is 12.1 Å². The van der Waals surface area contributed by atoms with Crippen molar-refractivity contribution in [1.82, 2.24) is 0 Å². The van der Waals surface area contributed by atoms with E-state index in [1.54, 1.807) is 12.1 Å². The molecule has 0 radical (unpaired) electrons. The highest BCUT2D eigenvalue weighted by atomic mass is 16.5. The van der Waals surface area contributed by atoms with Crippen molar-refractivity contribution in [2.45, 2.75) is 12.7 Å². The fourth-order valence-electron chi connectivity index (χ4n) is 1.29. The molecule has 0 aromatic heterocycles. The van der Waals surface area contributed by atoms with Gasteiger partial charge in [-0.3, -0.25) is 0 Å². The highest BCUT2D eigenvalue weighted by Gasteiger charge is 2.26. The maximum absolute atomic E-state index is 10.9. The van der Waals surface area contributed by atoms with Crippen molar-refractivity contribution in [3.8, 4) is 0 Å². The van der Waals surface area contributed by atoms with E-state index in [0.29, 0.717) is 5.56 Å². The van der Waals surface area contributed by atoms with Crippen molar-refractivity contribution >= 4 is 5.97 Å². The number of carbonyl (C=O) groups excluding carboxylic acids is 1. The van der Waals surface area contributed by atoms with Crippen molar-refractivity contribution in [1.29, 1.82) is 0 Å². The van der Waals surface area contributed by atoms with Gasteiger partial charge < -0.3 is 9.84 Å². The molecule has 1 aliphatic rings. The lowest BCUT2D eigenvalue weighted by Gasteiger charge is -2.19. The van der Waals surface area contributed by atoms with Gasteiger partial charge in [0.15, 0.2) is 6.10 Å². The van der Waals surface area contributed by atoms with Crippen molar-refractivity contribution in [2.24, 2.45) is 0 Å². The highest BCUT2D eigenvalue weighted by molar-refractivity contribution is 5.78. The summed E-state index contributed by atoms with van der Waals surface area (Å²) in [7, 11) is 0. The average molecular weight is 164 g/mol. The van der Waals surface area contributed by atoms with Gasteiger partial charge in [-0.25, -0.2) is 4.79 Å². The Morgan fingerprint density at radius 3 is 3.00 bits per heavy atom. The highest BCUT2D eigenvalue weighted by Crippen LogP contribution is 2.24. The number of aliphatic hydroxyl groups is 1. The second-order valence-electron chi connectivity index (χ2n) is 2.71. The first-order valence-electron chi connectivity index (χ1n) is 3.71. The van der Waals surface area contributed by atoms with Crippen LogP contribution in [0.25, 0.3) is 0 Å². The number of aliphatic hydroxyl groups excluding tert-OH is 1. The van der Waals surface area contributed by atoms with E-state index in [1.165, 1.54) is 0 Å². The third-order valence-corrected chi connectivity index (χ3v) is 1.94. The first-order chi connectivity index (χ1) is 5.79. The molecule has 0 saturated heterocycles. The van der Waals surface area contributed by atoms with E-state index in [4.69, 9.17) is 4.74 Å². The zero-order chi connectivity index (χ0) is 8.55. The van der Waals surface area contributed by atoms with Gasteiger partial charge in [-0.05, 0) is 11.1 Å². The second kappa shape index (κ2) is 2.60. The Balaban J connectivity index is 2.48. The van der Waals surface area contributed by atoms with E-state index < -0.39 is 12.1 Å². The summed E-state index contributed by atoms with van der Waals surface area (Å²) in [4.78, 5) is 10.9. The molecule has 3 nitrogen and oxygen atoms in total. The summed E-state index contributed by atoms with van der Waals surface area (Å²) in [6.45, 7) is 0.270. The molecule has 1 aromatic rings. The molecule has 62 valence electrons. The number of cyclic esters (lactones) is 1. The van der Waals surface area contributed by atoms with Gasteiger partial charge in [0.05, 0.1) is 0 Å². The summed E-state index contributed by atoms with van der Waals surface area (Å²) < 4.78 is 4.73. The van der Waals surface area contributed by atoms with E-state index in [-0.39, 0.29) is 6.61 Å². The molecule has 0 amide bonds. The van der Waals surface area contributed by atoms with Crippen molar-refractivity contribution in [3.05, 3.63) is 35.4 Å². The van der Waals surface area contributed by atoms with E-state index >= 15 is 0 Å². The van der Waals surface area contributed by atoms with Crippen LogP contribution in [0.4, 0.5) is 0 Å². The zero-order valence-electron chi connectivity index (χ0n) is 6.36. The predicted octanol–water partition coefficient (Wildman–Crippen LogP) is 0.777. The Kier molecular flexibility index (Phi) is 1.59. The molecule has 12 heavy (non-hydrogen) atoms. The normalized spacial score (nSPS) is 21.4. The molecule has 0 saturated carbocycles. The van der Waals surface area contributed by atoms with Crippen LogP contribution in [0.5, 0.6) is 0 Å². The van der Waals surface area contributed by atoms with E-state index in [0.717, 1.165) is 5.56 Å². The predicted molar refractivity (Wildman–Crippen MR) is 41.2 cm³/mol. The van der Waals surface area contributed by atoms with Crippen LogP contribution >= 0.6 is 0 Å². The van der Waals surface area contributed by atoms with Gasteiger partial charge in [0.25, 0.3) is 0 Å². The van der Waals surface area contributed by atoms with Gasteiger partial charge in [0.1, 0.15) is 6.61 Å². The first-order valence-corrected chi connectivity index (χ1v) is 3.71. The molecule has 1 aromatic carbocycles. The molecule has 0 unspecified atom stereocenters. The Hall–Kier alpha value is -1.35. The first kappa shape index (κ1) is 7.31. The van der Waals surface area contributed by atoms with Crippen LogP contribution in [-0.4, -0.2) is 11.1 Å². The Bertz CT molecular complexity index is 319. The number of hydrogen-bond donors (Lipinski definition) is 1. The molecular weight excluding hydrogens is 156 g/mol. The maximum atomic E-state index is 10.9. The minimum Gasteiger partial charge on any atom is -0.459 e. The summed E-state index contributed by atoms with van der Waals surface area (Å²) in [6, 6.07) is 7.22. The molecule has 1 atom stereocenters. The van der Waals surface area contributed by atoms with Crippen LogP contribution in [0.15, 0.2) is 24.3 Å². The number of esters is 1. The van der Waals surface area contributed by atoms with Gasteiger partial charge in [-0.15, -0.1) is 0 Å². The van der Waals surface area contributed by atoms with Gasteiger partial charge in [-0.2, -0.15) is 0 Å². The van der Waals surface area contributed by atoms with Crippen molar-refractivity contribution in [2.75, 3.05) is 0 Å². The SMILES string of the molecule is O=C1OCc2ccccc2[C@H]1O. The lowest BCUT2D eigenvalue weighted by atomic mass is 10.0. The van der Waals surface area contributed by atoms with Crippen molar-refractivity contribution < 1.29 is 14.6 Å². The second-order valence-corrected chi connectivity index (χ2v) is 2.71. The molecule has 1 N–H and O–H groups in total. The molecule has 0 bridgehead atoms. The van der Waals surface area contributed by atoms with Gasteiger partial charge >= 0.3 is 5.97 Å². The monoisotopic (exact) mass is 164 g/mol. The van der Waals surface area contributed by atoms with Crippen LogP contribution in [0.2, 0.25) is 0 Å². The molecule has 0 fully saturated rings. The minimum atomic E-state index is -1.10. The fraction of sp³-hybridized carbons (Fsp3) is 0.222. The molecule has 1 heterocycles. The van der Waals surface area contributed by atoms with Crippen LogP contribution in [0, 0.1) is 0 Å². The van der Waals surface area contributed by atoms with E-state index in [9.17, 15) is 9.90 Å². The molecular formula is C9H8O3. The Labute approximate surface area is 69.6 Å². The number of carbonyl (C=O) groups is 1. The van der Waals surface area contributed by atoms with Crippen LogP contribution in [0.1, 0.15) is 17.2 Å². The zero-order valence-corrected chi connectivity index (χ0v) is 6.36. The number of benzene rings is 1. The minimum absolute atomic E-state index is 0.270. The Morgan fingerprint density at radius 2 is 2.17 bits per heavy atom. The quantitative estimate of drug-likeness (QED) is 0.576. The molecule has 0 spiro atoms. The Morgan fingerprint density at radius 1 is 1.42 bits per heavy atom. The molecule has 0 aliphatic carbocycles. The number of hydrogen-bond acceptors (Lipinski definition) is 3. The largest absolute Gasteiger partial charge is 0.459 e. The topological polar surface area (TPSA) is 46.5 Å². The van der Waals surface area contributed by atoms with E-state index in [2.05, 4.69) is 0 Å². The smallest absolute Gasteiger partial charge is 0.339 e. The summed E-state index contributed by atoms with van der Waals surface area (Å²) in [5.41, 5.74) is 1.54. The number of rotatable bonds is 0. The third-order valence-electron chi connectivity index (χ3n) is 1.94. The van der Waals surface area contributed by atoms with Crippen LogP contribution in [0.3, 0.4) is 0 Å². The molecule has 3 heteroatoms. The number of ether oxygens (including phenoxy) is 1. The van der Waals surface area contributed by atoms with Gasteiger partial charge in [0, 0.05) is 0 Å².